The molecule has 13 heteroatoms. The number of esters is 1. The highest BCUT2D eigenvalue weighted by Crippen LogP contribution is 2.23. The van der Waals surface area contributed by atoms with Crippen molar-refractivity contribution in [2.45, 2.75) is 18.4 Å². The predicted octanol–water partition coefficient (Wildman–Crippen LogP) is 2.30. The highest BCUT2D eigenvalue weighted by atomic mass is 32.2. The minimum atomic E-state index is -3.83. The Labute approximate surface area is 225 Å². The van der Waals surface area contributed by atoms with Gasteiger partial charge >= 0.3 is 5.97 Å². The first kappa shape index (κ1) is 29.5. The van der Waals surface area contributed by atoms with Crippen molar-refractivity contribution < 1.29 is 37.0 Å². The topological polar surface area (TPSA) is 126 Å². The number of carbonyl (C=O) groups is 2. The maximum atomic E-state index is 13.1. The molecular formula is C25H31N3O8S2. The molecule has 1 amide bonds. The highest BCUT2D eigenvalue weighted by molar-refractivity contribution is 7.89. The molecule has 0 spiro atoms. The van der Waals surface area contributed by atoms with Crippen LogP contribution in [0.1, 0.15) is 17.3 Å². The number of thiazole rings is 1. The van der Waals surface area contributed by atoms with E-state index in [0.717, 1.165) is 4.70 Å². The molecule has 0 atom stereocenters. The number of ether oxygens (including phenoxy) is 4. The number of carbonyl (C=O) groups excluding carboxylic acids is 2. The third-order valence-electron chi connectivity index (χ3n) is 5.51. The largest absolute Gasteiger partial charge is 0.497 e. The molecule has 0 unspecified atom stereocenters. The van der Waals surface area contributed by atoms with Gasteiger partial charge in [0.25, 0.3) is 5.91 Å². The zero-order chi connectivity index (χ0) is 27.7. The van der Waals surface area contributed by atoms with Crippen LogP contribution in [-0.2, 0) is 35.6 Å². The van der Waals surface area contributed by atoms with Gasteiger partial charge in [-0.2, -0.15) is 9.30 Å². The zero-order valence-corrected chi connectivity index (χ0v) is 23.3. The number of benzene rings is 2. The Hall–Kier alpha value is -3.10. The molecule has 3 aromatic rings. The summed E-state index contributed by atoms with van der Waals surface area (Å²) in [5, 5.41) is 0. The second kappa shape index (κ2) is 13.6. The molecule has 0 N–H and O–H groups in total. The number of rotatable bonds is 13. The lowest BCUT2D eigenvalue weighted by atomic mass is 10.2. The number of methoxy groups -OCH3 is 3. The molecule has 0 aliphatic carbocycles. The molecule has 1 heterocycles. The summed E-state index contributed by atoms with van der Waals surface area (Å²) in [6.45, 7) is 2.60. The molecule has 206 valence electrons. The molecule has 11 nitrogen and oxygen atoms in total. The van der Waals surface area contributed by atoms with Crippen molar-refractivity contribution in [3.05, 3.63) is 52.8 Å². The van der Waals surface area contributed by atoms with Gasteiger partial charge in [-0.1, -0.05) is 11.3 Å². The number of amides is 1. The van der Waals surface area contributed by atoms with Crippen LogP contribution in [0, 0.1) is 0 Å². The molecule has 38 heavy (non-hydrogen) atoms. The number of fused-ring (bicyclic) bond motifs is 1. The smallest absolute Gasteiger partial charge is 0.326 e. The van der Waals surface area contributed by atoms with Gasteiger partial charge in [0.15, 0.2) is 4.80 Å². The third-order valence-corrected chi connectivity index (χ3v) is 8.46. The van der Waals surface area contributed by atoms with Crippen LogP contribution in [0.5, 0.6) is 5.75 Å². The quantitative estimate of drug-likeness (QED) is 0.289. The van der Waals surface area contributed by atoms with Crippen molar-refractivity contribution in [1.29, 1.82) is 0 Å². The van der Waals surface area contributed by atoms with Gasteiger partial charge < -0.3 is 23.5 Å². The van der Waals surface area contributed by atoms with Crippen molar-refractivity contribution in [3.8, 4) is 5.75 Å². The summed E-state index contributed by atoms with van der Waals surface area (Å²) in [6.07, 6.45) is 0. The molecule has 0 fully saturated rings. The number of hydrogen-bond donors (Lipinski definition) is 0. The van der Waals surface area contributed by atoms with Crippen LogP contribution in [0.15, 0.2) is 52.4 Å². The van der Waals surface area contributed by atoms with E-state index in [2.05, 4.69) is 4.99 Å². The number of hydrogen-bond acceptors (Lipinski definition) is 9. The average Bonchev–Trinajstić information content (AvgIpc) is 3.24. The number of sulfonamides is 1. The fraction of sp³-hybridized carbons (Fsp3) is 0.400. The van der Waals surface area contributed by atoms with Crippen molar-refractivity contribution in [2.75, 3.05) is 54.2 Å². The van der Waals surface area contributed by atoms with Crippen LogP contribution in [0.2, 0.25) is 0 Å². The summed E-state index contributed by atoms with van der Waals surface area (Å²) in [6, 6.07) is 10.9. The summed E-state index contributed by atoms with van der Waals surface area (Å²) in [5.74, 6) is -0.416. The van der Waals surface area contributed by atoms with E-state index in [1.807, 2.05) is 0 Å². The van der Waals surface area contributed by atoms with Gasteiger partial charge in [-0.05, 0) is 49.4 Å². The molecule has 0 saturated heterocycles. The normalized spacial score (nSPS) is 12.3. The fourth-order valence-electron chi connectivity index (χ4n) is 3.56. The maximum absolute atomic E-state index is 13.1. The van der Waals surface area contributed by atoms with Crippen molar-refractivity contribution in [1.82, 2.24) is 8.87 Å². The Bertz CT molecular complexity index is 1420. The Morgan fingerprint density at radius 3 is 2.24 bits per heavy atom. The van der Waals surface area contributed by atoms with E-state index < -0.39 is 21.9 Å². The summed E-state index contributed by atoms with van der Waals surface area (Å²) in [7, 11) is 0.709. The second-order valence-corrected chi connectivity index (χ2v) is 10.9. The van der Waals surface area contributed by atoms with E-state index in [9.17, 15) is 18.0 Å². The van der Waals surface area contributed by atoms with Crippen LogP contribution >= 0.6 is 11.3 Å². The lowest BCUT2D eigenvalue weighted by Gasteiger charge is -2.21. The minimum Gasteiger partial charge on any atom is -0.497 e. The Morgan fingerprint density at radius 1 is 1.00 bits per heavy atom. The molecular weight excluding hydrogens is 534 g/mol. The first-order valence-electron chi connectivity index (χ1n) is 11.7. The third kappa shape index (κ3) is 7.05. The highest BCUT2D eigenvalue weighted by Gasteiger charge is 2.24. The van der Waals surface area contributed by atoms with Gasteiger partial charge in [-0.25, -0.2) is 8.42 Å². The van der Waals surface area contributed by atoms with Gasteiger partial charge in [0.05, 0.1) is 42.0 Å². The van der Waals surface area contributed by atoms with Gasteiger partial charge in [-0.15, -0.1) is 0 Å². The van der Waals surface area contributed by atoms with E-state index >= 15 is 0 Å². The standard InChI is InChI=1S/C25H31N3O8S2/c1-5-36-23(29)17-28-21-11-8-19(35-4)16-22(21)37-25(28)26-24(30)18-6-9-20(10-7-18)38(31,32)27(12-14-33-2)13-15-34-3/h6-11,16H,5,12-15,17H2,1-4H3. The van der Waals surface area contributed by atoms with E-state index in [-0.39, 0.29) is 49.9 Å². The van der Waals surface area contributed by atoms with Crippen molar-refractivity contribution in [2.24, 2.45) is 4.99 Å². The first-order chi connectivity index (χ1) is 18.2. The fourth-order valence-corrected chi connectivity index (χ4v) is 6.03. The van der Waals surface area contributed by atoms with Gasteiger partial charge in [0, 0.05) is 32.9 Å². The van der Waals surface area contributed by atoms with Crippen molar-refractivity contribution >= 4 is 43.5 Å². The number of nitrogens with zero attached hydrogens (tertiary/aromatic N) is 3. The average molecular weight is 566 g/mol. The van der Waals surface area contributed by atoms with Crippen molar-refractivity contribution in [3.63, 3.8) is 0 Å². The van der Waals surface area contributed by atoms with Crippen LogP contribution in [0.3, 0.4) is 0 Å². The molecule has 3 rings (SSSR count). The Balaban J connectivity index is 1.95. The van der Waals surface area contributed by atoms with E-state index in [1.165, 1.54) is 54.1 Å². The van der Waals surface area contributed by atoms with Crippen LogP contribution in [0.4, 0.5) is 0 Å². The van der Waals surface area contributed by atoms with Crippen LogP contribution in [0.25, 0.3) is 10.2 Å². The molecule has 0 saturated carbocycles. The molecule has 0 aliphatic rings. The minimum absolute atomic E-state index is 0.0348. The summed E-state index contributed by atoms with van der Waals surface area (Å²) in [4.78, 5) is 29.9. The molecule has 0 radical (unpaired) electrons. The van der Waals surface area contributed by atoms with E-state index in [1.54, 1.807) is 36.8 Å². The maximum Gasteiger partial charge on any atom is 0.326 e. The van der Waals surface area contributed by atoms with Gasteiger partial charge in [0.1, 0.15) is 12.3 Å². The first-order valence-corrected chi connectivity index (χ1v) is 14.0. The summed E-state index contributed by atoms with van der Waals surface area (Å²) < 4.78 is 50.3. The molecule has 0 aliphatic heterocycles. The lowest BCUT2D eigenvalue weighted by molar-refractivity contribution is -0.143. The Morgan fingerprint density at radius 2 is 1.66 bits per heavy atom. The molecule has 1 aromatic heterocycles. The molecule has 0 bridgehead atoms. The van der Waals surface area contributed by atoms with Gasteiger partial charge in [0.2, 0.25) is 10.0 Å². The number of aromatic nitrogens is 1. The van der Waals surface area contributed by atoms with Gasteiger partial charge in [-0.3, -0.25) is 9.59 Å². The zero-order valence-electron chi connectivity index (χ0n) is 21.7. The monoisotopic (exact) mass is 565 g/mol. The van der Waals surface area contributed by atoms with Crippen LogP contribution < -0.4 is 9.54 Å². The van der Waals surface area contributed by atoms with E-state index in [4.69, 9.17) is 18.9 Å². The SMILES string of the molecule is CCOC(=O)Cn1c(=NC(=O)c2ccc(S(=O)(=O)N(CCOC)CCOC)cc2)sc2cc(OC)ccc21. The lowest BCUT2D eigenvalue weighted by Crippen LogP contribution is -2.36. The molecule has 2 aromatic carbocycles. The summed E-state index contributed by atoms with van der Waals surface area (Å²) in [5.41, 5.74) is 0.894. The summed E-state index contributed by atoms with van der Waals surface area (Å²) >= 11 is 1.22. The van der Waals surface area contributed by atoms with Crippen LogP contribution in [-0.4, -0.2) is 83.4 Å². The van der Waals surface area contributed by atoms with E-state index in [0.29, 0.717) is 16.1 Å². The Kier molecular flexibility index (Phi) is 10.6. The predicted molar refractivity (Wildman–Crippen MR) is 142 cm³/mol. The second-order valence-electron chi connectivity index (χ2n) is 7.94.